The second kappa shape index (κ2) is 5.96. The SMILES string of the molecule is CC[C@@]12C=C(C(=O)OCC3CC3)n3c4c(c5ccccc53)CCN(CCC1)[C@H]42. The van der Waals surface area contributed by atoms with Crippen LogP contribution in [0.4, 0.5) is 0 Å². The van der Waals surface area contributed by atoms with E-state index in [4.69, 9.17) is 4.74 Å². The van der Waals surface area contributed by atoms with Crippen molar-refractivity contribution in [3.05, 3.63) is 41.6 Å². The Labute approximate surface area is 166 Å². The van der Waals surface area contributed by atoms with Crippen molar-refractivity contribution in [2.45, 2.75) is 51.5 Å². The molecule has 1 aromatic carbocycles. The number of fused-ring (bicyclic) bond motifs is 3. The maximum absolute atomic E-state index is 13.3. The van der Waals surface area contributed by atoms with Gasteiger partial charge in [0.2, 0.25) is 0 Å². The highest BCUT2D eigenvalue weighted by atomic mass is 16.5. The third kappa shape index (κ3) is 2.24. The minimum atomic E-state index is -0.135. The first-order chi connectivity index (χ1) is 13.7. The van der Waals surface area contributed by atoms with E-state index in [9.17, 15) is 4.79 Å². The van der Waals surface area contributed by atoms with Crippen LogP contribution in [0, 0.1) is 11.3 Å². The average molecular weight is 377 g/mol. The number of esters is 1. The molecule has 2 fully saturated rings. The minimum Gasteiger partial charge on any atom is -0.461 e. The lowest BCUT2D eigenvalue weighted by molar-refractivity contribution is -0.137. The van der Waals surface area contributed by atoms with Gasteiger partial charge < -0.3 is 9.30 Å². The molecule has 0 radical (unpaired) electrons. The number of para-hydroxylation sites is 1. The van der Waals surface area contributed by atoms with E-state index in [1.54, 1.807) is 0 Å². The molecular weight excluding hydrogens is 348 g/mol. The third-order valence-electron chi connectivity index (χ3n) is 7.60. The van der Waals surface area contributed by atoms with Gasteiger partial charge in [-0.3, -0.25) is 4.90 Å². The number of piperidine rings is 1. The van der Waals surface area contributed by atoms with Crippen LogP contribution in [0.1, 0.15) is 56.3 Å². The Hall–Kier alpha value is -2.07. The molecule has 4 aliphatic rings. The van der Waals surface area contributed by atoms with Crippen molar-refractivity contribution < 1.29 is 9.53 Å². The molecule has 4 heterocycles. The second-order valence-electron chi connectivity index (χ2n) is 9.17. The third-order valence-corrected chi connectivity index (χ3v) is 7.60. The smallest absolute Gasteiger partial charge is 0.355 e. The Bertz CT molecular complexity index is 999. The van der Waals surface area contributed by atoms with Gasteiger partial charge in [-0.1, -0.05) is 25.1 Å². The molecule has 1 saturated carbocycles. The van der Waals surface area contributed by atoms with Crippen LogP contribution < -0.4 is 0 Å². The van der Waals surface area contributed by atoms with E-state index in [1.807, 2.05) is 0 Å². The summed E-state index contributed by atoms with van der Waals surface area (Å²) in [4.78, 5) is 15.9. The maximum Gasteiger partial charge on any atom is 0.355 e. The van der Waals surface area contributed by atoms with Gasteiger partial charge in [0.25, 0.3) is 0 Å². The Kier molecular flexibility index (Phi) is 3.59. The first-order valence-corrected chi connectivity index (χ1v) is 11.0. The first kappa shape index (κ1) is 16.8. The zero-order valence-corrected chi connectivity index (χ0v) is 16.6. The molecule has 0 spiro atoms. The van der Waals surface area contributed by atoms with Crippen LogP contribution >= 0.6 is 0 Å². The highest BCUT2D eigenvalue weighted by Gasteiger charge is 2.51. The van der Waals surface area contributed by atoms with E-state index < -0.39 is 0 Å². The summed E-state index contributed by atoms with van der Waals surface area (Å²) in [6.45, 7) is 5.16. The van der Waals surface area contributed by atoms with E-state index in [2.05, 4.69) is 46.7 Å². The van der Waals surface area contributed by atoms with Crippen molar-refractivity contribution in [3.63, 3.8) is 0 Å². The number of aromatic nitrogens is 1. The lowest BCUT2D eigenvalue weighted by Gasteiger charge is -2.53. The molecule has 0 unspecified atom stereocenters. The standard InChI is InChI=1S/C24H28N2O2/c1-2-24-11-5-12-25-13-10-18-17-6-3-4-7-19(17)26(21(18)22(24)25)20(14-24)23(27)28-15-16-8-9-16/h3-4,6-7,14,16,22H,2,5,8-13,15H2,1H3/t22-,24+/m1/s1. The van der Waals surface area contributed by atoms with E-state index in [1.165, 1.54) is 48.0 Å². The van der Waals surface area contributed by atoms with Crippen LogP contribution in [0.2, 0.25) is 0 Å². The molecule has 2 atom stereocenters. The Morgan fingerprint density at radius 2 is 2.11 bits per heavy atom. The molecule has 3 aliphatic heterocycles. The van der Waals surface area contributed by atoms with Gasteiger partial charge in [-0.05, 0) is 68.7 Å². The summed E-state index contributed by atoms with van der Waals surface area (Å²) in [6, 6.07) is 9.00. The molecule has 28 heavy (non-hydrogen) atoms. The minimum absolute atomic E-state index is 0.0474. The number of nitrogens with zero attached hydrogens (tertiary/aromatic N) is 2. The molecule has 1 aromatic heterocycles. The summed E-state index contributed by atoms with van der Waals surface area (Å²) in [5.41, 5.74) is 4.80. The van der Waals surface area contributed by atoms with Gasteiger partial charge in [0.05, 0.1) is 18.2 Å². The summed E-state index contributed by atoms with van der Waals surface area (Å²) in [6.07, 6.45) is 9.20. The first-order valence-electron chi connectivity index (χ1n) is 11.0. The van der Waals surface area contributed by atoms with Crippen LogP contribution in [0.15, 0.2) is 30.3 Å². The highest BCUT2D eigenvalue weighted by molar-refractivity contribution is 6.13. The number of hydrogen-bond acceptors (Lipinski definition) is 3. The fourth-order valence-corrected chi connectivity index (χ4v) is 5.98. The quantitative estimate of drug-likeness (QED) is 0.735. The van der Waals surface area contributed by atoms with Crippen LogP contribution in [-0.4, -0.2) is 35.1 Å². The van der Waals surface area contributed by atoms with Crippen LogP contribution in [-0.2, 0) is 16.0 Å². The Morgan fingerprint density at radius 1 is 1.25 bits per heavy atom. The molecule has 6 rings (SSSR count). The van der Waals surface area contributed by atoms with Crippen molar-refractivity contribution >= 4 is 22.6 Å². The van der Waals surface area contributed by atoms with Crippen molar-refractivity contribution in [2.24, 2.45) is 11.3 Å². The molecule has 1 aliphatic carbocycles. The predicted molar refractivity (Wildman–Crippen MR) is 110 cm³/mol. The highest BCUT2D eigenvalue weighted by Crippen LogP contribution is 2.57. The molecule has 0 amide bonds. The molecule has 2 aromatic rings. The zero-order chi connectivity index (χ0) is 18.9. The fraction of sp³-hybridized carbons (Fsp3) is 0.542. The van der Waals surface area contributed by atoms with Gasteiger partial charge in [-0.2, -0.15) is 0 Å². The Morgan fingerprint density at radius 3 is 2.93 bits per heavy atom. The monoisotopic (exact) mass is 376 g/mol. The average Bonchev–Trinajstić information content (AvgIpc) is 3.51. The number of benzene rings is 1. The van der Waals surface area contributed by atoms with Crippen molar-refractivity contribution in [1.82, 2.24) is 9.47 Å². The van der Waals surface area contributed by atoms with E-state index in [-0.39, 0.29) is 11.4 Å². The topological polar surface area (TPSA) is 34.5 Å². The molecule has 4 nitrogen and oxygen atoms in total. The summed E-state index contributed by atoms with van der Waals surface area (Å²) in [5, 5.41) is 1.32. The zero-order valence-electron chi connectivity index (χ0n) is 16.6. The van der Waals surface area contributed by atoms with Gasteiger partial charge in [0.1, 0.15) is 5.70 Å². The van der Waals surface area contributed by atoms with E-state index in [0.29, 0.717) is 18.6 Å². The summed E-state index contributed by atoms with van der Waals surface area (Å²) >= 11 is 0. The van der Waals surface area contributed by atoms with Gasteiger partial charge in [-0.15, -0.1) is 0 Å². The molecule has 0 N–H and O–H groups in total. The number of rotatable bonds is 4. The van der Waals surface area contributed by atoms with Crippen molar-refractivity contribution in [3.8, 4) is 0 Å². The van der Waals surface area contributed by atoms with Gasteiger partial charge in [0.15, 0.2) is 0 Å². The number of ether oxygens (including phenoxy) is 1. The lowest BCUT2D eigenvalue weighted by atomic mass is 9.66. The van der Waals surface area contributed by atoms with Crippen LogP contribution in [0.3, 0.4) is 0 Å². The van der Waals surface area contributed by atoms with E-state index >= 15 is 0 Å². The molecule has 4 heteroatoms. The van der Waals surface area contributed by atoms with Crippen molar-refractivity contribution in [2.75, 3.05) is 19.7 Å². The summed E-state index contributed by atoms with van der Waals surface area (Å²) in [7, 11) is 0. The number of carbonyl (C=O) groups excluding carboxylic acids is 1. The molecule has 1 saturated heterocycles. The fourth-order valence-electron chi connectivity index (χ4n) is 5.98. The number of hydrogen-bond donors (Lipinski definition) is 0. The lowest BCUT2D eigenvalue weighted by Crippen LogP contribution is -2.51. The summed E-state index contributed by atoms with van der Waals surface area (Å²) < 4.78 is 8.05. The van der Waals surface area contributed by atoms with Gasteiger partial charge >= 0.3 is 5.97 Å². The molecular formula is C24H28N2O2. The largest absolute Gasteiger partial charge is 0.461 e. The molecule has 146 valence electrons. The Balaban J connectivity index is 1.58. The van der Waals surface area contributed by atoms with E-state index in [0.717, 1.165) is 31.5 Å². The summed E-state index contributed by atoms with van der Waals surface area (Å²) in [5.74, 6) is 0.450. The molecule has 0 bridgehead atoms. The number of carbonyl (C=O) groups is 1. The second-order valence-corrected chi connectivity index (χ2v) is 9.17. The van der Waals surface area contributed by atoms with Gasteiger partial charge in [0, 0.05) is 23.0 Å². The van der Waals surface area contributed by atoms with Crippen LogP contribution in [0.25, 0.3) is 16.6 Å². The normalized spacial score (nSPS) is 28.8. The van der Waals surface area contributed by atoms with Crippen LogP contribution in [0.5, 0.6) is 0 Å². The maximum atomic E-state index is 13.3. The van der Waals surface area contributed by atoms with Gasteiger partial charge in [-0.25, -0.2) is 4.79 Å². The predicted octanol–water partition coefficient (Wildman–Crippen LogP) is 4.54. The van der Waals surface area contributed by atoms with Crippen molar-refractivity contribution in [1.29, 1.82) is 0 Å².